The van der Waals surface area contributed by atoms with Crippen LogP contribution in [0.3, 0.4) is 0 Å². The molecule has 456 valence electrons. The van der Waals surface area contributed by atoms with E-state index >= 15 is 0 Å². The van der Waals surface area contributed by atoms with Crippen LogP contribution in [0, 0.1) is 17.0 Å². The zero-order valence-corrected chi connectivity index (χ0v) is 50.4. The van der Waals surface area contributed by atoms with E-state index in [0.29, 0.717) is 83.9 Å². The van der Waals surface area contributed by atoms with Crippen molar-refractivity contribution in [3.05, 3.63) is 137 Å². The summed E-state index contributed by atoms with van der Waals surface area (Å²) >= 11 is 6.58. The molecule has 3 amide bonds. The summed E-state index contributed by atoms with van der Waals surface area (Å²) in [7, 11) is -1.72. The molecule has 4 aromatic heterocycles. The van der Waals surface area contributed by atoms with E-state index in [1.165, 1.54) is 43.0 Å². The number of nitrogens with two attached hydrogens (primary N) is 2. The number of carbonyl (C=O) groups excluding carboxylic acids is 3. The summed E-state index contributed by atoms with van der Waals surface area (Å²) in [6.45, 7) is 15.0. The lowest BCUT2D eigenvalue weighted by Crippen LogP contribution is -2.56. The summed E-state index contributed by atoms with van der Waals surface area (Å²) in [5, 5.41) is 26.7. The highest BCUT2D eigenvalue weighted by atomic mass is 35.5. The van der Waals surface area contributed by atoms with E-state index in [4.69, 9.17) is 37.9 Å². The standard InChI is InChI=1S/C28H36ClN7O3.C28H31FN8O.C6H6BFO2/c1-6-17-11-18(29)12-21(35-10-9-28(5,14-35)25(37)33-19-7-8-19)20(17)13-36-16-32-22-23(30-15-31-24(22)36)34-26(38)39-27(2,3)4;1-2-17-11-18(20-5-3-4-6-22(20)29)12-23(36-10-9-28(31,14-36)27(38)35-19-7-8-19)21(17)13-37-16-34-24-25(30)32-15-33-26(24)37;8-6-4-2-1-3-5(6)7(9)10/h11-12,15-16,19H,6-10,13-14H2,1-5H3,(H,33,37)(H,30,31,34,38);3-6,11-12,15-16,19H,2,7-10,13-14,31H2,1H3,(H,35,38)(H2,30,32,33);1-4,9-10H/t2*28-;/m01./s1. The van der Waals surface area contributed by atoms with Gasteiger partial charge in [0.15, 0.2) is 28.4 Å². The molecule has 2 saturated carbocycles. The van der Waals surface area contributed by atoms with E-state index in [-0.39, 0.29) is 35.0 Å². The highest BCUT2D eigenvalue weighted by Gasteiger charge is 2.45. The molecular weight excluding hydrogens is 1140 g/mol. The number of halogens is 3. The Kier molecular flexibility index (Phi) is 18.1. The summed E-state index contributed by atoms with van der Waals surface area (Å²) in [4.78, 5) is 68.9. The molecule has 12 rings (SSSR count). The smallest absolute Gasteiger partial charge is 0.444 e. The zero-order chi connectivity index (χ0) is 62.0. The Balaban J connectivity index is 0.000000166. The molecule has 4 aliphatic rings. The molecule has 2 atom stereocenters. The molecule has 0 unspecified atom stereocenters. The molecule has 2 aliphatic carbocycles. The molecule has 6 heterocycles. The minimum atomic E-state index is -1.72. The lowest BCUT2D eigenvalue weighted by molar-refractivity contribution is -0.129. The van der Waals surface area contributed by atoms with Gasteiger partial charge in [-0.05, 0) is 137 Å². The Bertz CT molecular complexity index is 3860. The number of fused-ring (bicyclic) bond motifs is 2. The van der Waals surface area contributed by atoms with Crippen molar-refractivity contribution in [2.75, 3.05) is 47.0 Å². The Morgan fingerprint density at radius 1 is 0.736 bits per heavy atom. The number of ether oxygens (including phenoxy) is 1. The first-order valence-corrected chi connectivity index (χ1v) is 29.7. The highest BCUT2D eigenvalue weighted by molar-refractivity contribution is 6.58. The minimum absolute atomic E-state index is 0.0949. The van der Waals surface area contributed by atoms with E-state index in [2.05, 4.69) is 76.4 Å². The quantitative estimate of drug-likeness (QED) is 0.0491. The van der Waals surface area contributed by atoms with E-state index < -0.39 is 35.6 Å². The summed E-state index contributed by atoms with van der Waals surface area (Å²) in [6.07, 6.45) is 12.6. The topological polar surface area (TPSA) is 283 Å². The van der Waals surface area contributed by atoms with Crippen molar-refractivity contribution in [1.82, 2.24) is 49.7 Å². The fourth-order valence-electron chi connectivity index (χ4n) is 11.1. The van der Waals surface area contributed by atoms with Crippen molar-refractivity contribution in [1.29, 1.82) is 0 Å². The van der Waals surface area contributed by atoms with Gasteiger partial charge in [0, 0.05) is 65.7 Å². The van der Waals surface area contributed by atoms with Crippen molar-refractivity contribution in [3.8, 4) is 11.1 Å². The molecule has 4 aromatic carbocycles. The number of amides is 3. The number of nitrogens with zero attached hydrogens (tertiary/aromatic N) is 10. The Labute approximate surface area is 508 Å². The van der Waals surface area contributed by atoms with Gasteiger partial charge in [0.1, 0.15) is 40.9 Å². The van der Waals surface area contributed by atoms with Gasteiger partial charge in [-0.1, -0.05) is 67.9 Å². The van der Waals surface area contributed by atoms with Gasteiger partial charge in [-0.2, -0.15) is 0 Å². The van der Waals surface area contributed by atoms with Crippen LogP contribution in [0.5, 0.6) is 0 Å². The average Bonchev–Trinajstić information content (AvgIpc) is 2.72. The van der Waals surface area contributed by atoms with Crippen LogP contribution in [0.1, 0.15) is 102 Å². The Hall–Kier alpha value is -8.32. The van der Waals surface area contributed by atoms with Crippen LogP contribution in [0.4, 0.5) is 36.6 Å². The summed E-state index contributed by atoms with van der Waals surface area (Å²) < 4.78 is 36.7. The molecule has 87 heavy (non-hydrogen) atoms. The second kappa shape index (κ2) is 25.6. The van der Waals surface area contributed by atoms with Gasteiger partial charge in [0.2, 0.25) is 11.8 Å². The third kappa shape index (κ3) is 14.3. The normalized spacial score (nSPS) is 18.2. The zero-order valence-electron chi connectivity index (χ0n) is 49.7. The number of anilines is 4. The predicted molar refractivity (Wildman–Crippen MR) is 332 cm³/mol. The van der Waals surface area contributed by atoms with Gasteiger partial charge in [-0.15, -0.1) is 0 Å². The van der Waals surface area contributed by atoms with E-state index in [1.807, 2.05) is 39.5 Å². The molecule has 9 N–H and O–H groups in total. The predicted octanol–water partition coefficient (Wildman–Crippen LogP) is 7.45. The molecular formula is C62H73BClF2N15O6. The third-order valence-corrected chi connectivity index (χ3v) is 16.3. The van der Waals surface area contributed by atoms with E-state index in [1.54, 1.807) is 45.6 Å². The first-order valence-electron chi connectivity index (χ1n) is 29.3. The molecule has 2 saturated heterocycles. The van der Waals surface area contributed by atoms with Gasteiger partial charge in [0.05, 0.1) is 31.2 Å². The maximum atomic E-state index is 14.9. The minimum Gasteiger partial charge on any atom is -0.444 e. The number of nitrogen functional groups attached to an aromatic ring is 1. The van der Waals surface area contributed by atoms with E-state index in [9.17, 15) is 23.2 Å². The van der Waals surface area contributed by atoms with Crippen LogP contribution in [-0.2, 0) is 40.3 Å². The summed E-state index contributed by atoms with van der Waals surface area (Å²) in [6, 6.07) is 20.9. The number of nitrogens with one attached hydrogen (secondary N) is 3. The lowest BCUT2D eigenvalue weighted by atomic mass is 9.80. The van der Waals surface area contributed by atoms with Gasteiger partial charge in [-0.25, -0.2) is 43.5 Å². The van der Waals surface area contributed by atoms with Gasteiger partial charge in [0.25, 0.3) is 0 Å². The van der Waals surface area contributed by atoms with Crippen molar-refractivity contribution in [2.45, 2.75) is 129 Å². The molecule has 25 heteroatoms. The van der Waals surface area contributed by atoms with Crippen LogP contribution in [0.25, 0.3) is 33.5 Å². The fraction of sp³-hybridized carbons (Fsp3) is 0.403. The molecule has 0 spiro atoms. The summed E-state index contributed by atoms with van der Waals surface area (Å²) in [5.74, 6) is -0.227. The van der Waals surface area contributed by atoms with Crippen molar-refractivity contribution in [2.24, 2.45) is 11.1 Å². The fourth-order valence-corrected chi connectivity index (χ4v) is 11.3. The molecule has 4 fully saturated rings. The monoisotopic (exact) mass is 1210 g/mol. The molecule has 0 bridgehead atoms. The number of hydrogen-bond donors (Lipinski definition) is 7. The number of rotatable bonds is 15. The number of carbonyl (C=O) groups is 3. The van der Waals surface area contributed by atoms with Crippen molar-refractivity contribution < 1.29 is 37.9 Å². The highest BCUT2D eigenvalue weighted by Crippen LogP contribution is 2.40. The number of hydrogen-bond acceptors (Lipinski definition) is 16. The molecule has 8 aromatic rings. The van der Waals surface area contributed by atoms with Gasteiger partial charge >= 0.3 is 13.2 Å². The largest absolute Gasteiger partial charge is 0.491 e. The second-order valence-electron chi connectivity index (χ2n) is 24.0. The van der Waals surface area contributed by atoms with E-state index in [0.717, 1.165) is 90.7 Å². The molecule has 21 nitrogen and oxygen atoms in total. The van der Waals surface area contributed by atoms with Crippen molar-refractivity contribution in [3.63, 3.8) is 0 Å². The van der Waals surface area contributed by atoms with Crippen LogP contribution < -0.4 is 42.7 Å². The van der Waals surface area contributed by atoms with Crippen LogP contribution >= 0.6 is 11.6 Å². The summed E-state index contributed by atoms with van der Waals surface area (Å²) in [5.41, 5.74) is 20.4. The lowest BCUT2D eigenvalue weighted by Gasteiger charge is -2.28. The van der Waals surface area contributed by atoms with Crippen molar-refractivity contribution >= 4 is 87.4 Å². The molecule has 0 radical (unpaired) electrons. The van der Waals surface area contributed by atoms with Crippen LogP contribution in [0.2, 0.25) is 5.02 Å². The first-order chi connectivity index (χ1) is 41.5. The molecule has 2 aliphatic heterocycles. The number of imidazole rings is 2. The first kappa shape index (κ1) is 61.8. The maximum Gasteiger partial charge on any atom is 0.491 e. The number of aromatic nitrogens is 8. The van der Waals surface area contributed by atoms with Crippen LogP contribution in [-0.4, -0.2) is 124 Å². The number of benzene rings is 4. The third-order valence-electron chi connectivity index (χ3n) is 16.1. The average molecular weight is 1210 g/mol. The SMILES string of the molecule is CCc1cc(-c2ccccc2F)cc(N2CC[C@](N)(C(=O)NC3CC3)C2)c1Cn1cnc2c(N)ncnc21.CCc1cc(Cl)cc(N2CC[C@](C)(C(=O)NC3CC3)C2)c1Cn1cnc2c(NC(=O)OC(C)(C)C)ncnc21.OB(O)c1ccccc1F. The second-order valence-corrected chi connectivity index (χ2v) is 24.5. The Morgan fingerprint density at radius 2 is 1.30 bits per heavy atom. The Morgan fingerprint density at radius 3 is 1.91 bits per heavy atom. The van der Waals surface area contributed by atoms with Crippen LogP contribution in [0.15, 0.2) is 98.1 Å². The van der Waals surface area contributed by atoms with Gasteiger partial charge in [-0.3, -0.25) is 14.9 Å². The van der Waals surface area contributed by atoms with Gasteiger partial charge < -0.3 is 55.8 Å². The number of aryl methyl sites for hydroxylation is 2. The maximum absolute atomic E-state index is 14.9.